The molecule has 0 radical (unpaired) electrons. The zero-order chi connectivity index (χ0) is 10.9. The quantitative estimate of drug-likeness (QED) is 0.792. The van der Waals surface area contributed by atoms with E-state index >= 15 is 0 Å². The summed E-state index contributed by atoms with van der Waals surface area (Å²) < 4.78 is 10.6. The van der Waals surface area contributed by atoms with Gasteiger partial charge in [-0.2, -0.15) is 0 Å². The van der Waals surface area contributed by atoms with Crippen molar-refractivity contribution in [1.29, 1.82) is 0 Å². The zero-order valence-corrected chi connectivity index (χ0v) is 8.39. The summed E-state index contributed by atoms with van der Waals surface area (Å²) in [6, 6.07) is 0. The van der Waals surface area contributed by atoms with E-state index in [1.807, 2.05) is 6.92 Å². The summed E-state index contributed by atoms with van der Waals surface area (Å²) in [5.41, 5.74) is -0.626. The van der Waals surface area contributed by atoms with Crippen molar-refractivity contribution >= 4 is 5.97 Å². The van der Waals surface area contributed by atoms with Gasteiger partial charge in [-0.15, -0.1) is 10.2 Å². The molecule has 15 heavy (non-hydrogen) atoms. The van der Waals surface area contributed by atoms with Crippen LogP contribution >= 0.6 is 0 Å². The van der Waals surface area contributed by atoms with E-state index < -0.39 is 11.6 Å². The fourth-order valence-corrected chi connectivity index (χ4v) is 1.63. The number of hydrogen-bond acceptors (Lipinski definition) is 5. The summed E-state index contributed by atoms with van der Waals surface area (Å²) in [6.45, 7) is 2.48. The van der Waals surface area contributed by atoms with E-state index in [-0.39, 0.29) is 11.8 Å². The van der Waals surface area contributed by atoms with Gasteiger partial charge in [-0.05, 0) is 26.2 Å². The first-order valence-electron chi connectivity index (χ1n) is 4.83. The van der Waals surface area contributed by atoms with Crippen LogP contribution in [0.5, 0.6) is 0 Å². The molecule has 1 aromatic rings. The van der Waals surface area contributed by atoms with Crippen LogP contribution in [-0.4, -0.2) is 27.9 Å². The topological polar surface area (TPSA) is 85.5 Å². The van der Waals surface area contributed by atoms with Crippen LogP contribution in [0.2, 0.25) is 0 Å². The van der Waals surface area contributed by atoms with E-state index in [0.717, 1.165) is 19.3 Å². The van der Waals surface area contributed by atoms with Crippen LogP contribution in [0.4, 0.5) is 0 Å². The number of aromatic carboxylic acids is 1. The molecule has 1 unspecified atom stereocenters. The van der Waals surface area contributed by atoms with Crippen LogP contribution in [0.25, 0.3) is 0 Å². The second-order valence-corrected chi connectivity index (χ2v) is 3.75. The Balaban J connectivity index is 2.23. The lowest BCUT2D eigenvalue weighted by Gasteiger charge is -2.30. The molecule has 2 heterocycles. The Morgan fingerprint density at radius 1 is 1.47 bits per heavy atom. The van der Waals surface area contributed by atoms with E-state index in [0.29, 0.717) is 6.61 Å². The fourth-order valence-electron chi connectivity index (χ4n) is 1.63. The number of carbonyl (C=O) groups is 1. The molecular weight excluding hydrogens is 200 g/mol. The van der Waals surface area contributed by atoms with Crippen molar-refractivity contribution in [1.82, 2.24) is 10.2 Å². The highest BCUT2D eigenvalue weighted by molar-refractivity contribution is 5.81. The van der Waals surface area contributed by atoms with E-state index in [1.165, 1.54) is 0 Å². The number of rotatable bonds is 2. The Labute approximate surface area is 86.3 Å². The largest absolute Gasteiger partial charge is 0.474 e. The molecule has 82 valence electrons. The smallest absolute Gasteiger partial charge is 0.393 e. The summed E-state index contributed by atoms with van der Waals surface area (Å²) in [5, 5.41) is 15.8. The number of nitrogens with zero attached hydrogens (tertiary/aromatic N) is 2. The molecule has 1 saturated heterocycles. The van der Waals surface area contributed by atoms with Crippen LogP contribution in [-0.2, 0) is 10.3 Å². The Kier molecular flexibility index (Phi) is 2.44. The number of ether oxygens (including phenoxy) is 1. The molecule has 0 aliphatic carbocycles. The third-order valence-electron chi connectivity index (χ3n) is 2.53. The van der Waals surface area contributed by atoms with Gasteiger partial charge in [0.25, 0.3) is 0 Å². The van der Waals surface area contributed by atoms with Gasteiger partial charge in [-0.1, -0.05) is 0 Å². The first kappa shape index (κ1) is 10.1. The van der Waals surface area contributed by atoms with Gasteiger partial charge in [0, 0.05) is 6.61 Å². The maximum atomic E-state index is 10.6. The predicted octanol–water partition coefficient (Wildman–Crippen LogP) is 1.18. The van der Waals surface area contributed by atoms with Crippen LogP contribution in [0, 0.1) is 0 Å². The van der Waals surface area contributed by atoms with Gasteiger partial charge in [0.05, 0.1) is 0 Å². The van der Waals surface area contributed by atoms with E-state index in [1.54, 1.807) is 0 Å². The third kappa shape index (κ3) is 1.85. The highest BCUT2D eigenvalue weighted by atomic mass is 16.5. The van der Waals surface area contributed by atoms with Gasteiger partial charge in [-0.3, -0.25) is 0 Å². The Hall–Kier alpha value is -1.43. The summed E-state index contributed by atoms with van der Waals surface area (Å²) in [4.78, 5) is 10.6. The molecule has 0 saturated carbocycles. The van der Waals surface area contributed by atoms with E-state index in [4.69, 9.17) is 14.3 Å². The molecule has 0 amide bonds. The maximum Gasteiger partial charge on any atom is 0.393 e. The maximum absolute atomic E-state index is 10.6. The Morgan fingerprint density at radius 3 is 2.80 bits per heavy atom. The van der Waals surface area contributed by atoms with E-state index in [9.17, 15) is 4.79 Å². The van der Waals surface area contributed by atoms with E-state index in [2.05, 4.69) is 10.2 Å². The first-order valence-corrected chi connectivity index (χ1v) is 4.83. The number of aromatic nitrogens is 2. The first-order chi connectivity index (χ1) is 7.12. The lowest BCUT2D eigenvalue weighted by Crippen LogP contribution is -2.30. The SMILES string of the molecule is CC1(c2nnc(C(=O)O)o2)CCCCO1. The van der Waals surface area contributed by atoms with Gasteiger partial charge >= 0.3 is 11.9 Å². The van der Waals surface area contributed by atoms with Crippen molar-refractivity contribution in [2.45, 2.75) is 31.8 Å². The number of carboxylic acid groups (broad SMARTS) is 1. The molecule has 6 heteroatoms. The Bertz CT molecular complexity index is 368. The number of carboxylic acids is 1. The van der Waals surface area contributed by atoms with Crippen molar-refractivity contribution in [2.75, 3.05) is 6.61 Å². The molecular formula is C9H12N2O4. The normalized spacial score (nSPS) is 26.5. The molecule has 0 spiro atoms. The minimum absolute atomic E-state index is 0.250. The van der Waals surface area contributed by atoms with Gasteiger partial charge in [0.2, 0.25) is 5.89 Å². The zero-order valence-electron chi connectivity index (χ0n) is 8.39. The minimum Gasteiger partial charge on any atom is -0.474 e. The van der Waals surface area contributed by atoms with Gasteiger partial charge in [0.1, 0.15) is 5.60 Å². The number of hydrogen-bond donors (Lipinski definition) is 1. The molecule has 0 bridgehead atoms. The van der Waals surface area contributed by atoms with Crippen molar-refractivity contribution in [3.05, 3.63) is 11.8 Å². The highest BCUT2D eigenvalue weighted by Crippen LogP contribution is 2.33. The molecule has 1 fully saturated rings. The molecule has 6 nitrogen and oxygen atoms in total. The molecule has 1 aliphatic rings. The minimum atomic E-state index is -1.21. The van der Waals surface area contributed by atoms with Gasteiger partial charge in [-0.25, -0.2) is 4.79 Å². The van der Waals surface area contributed by atoms with Crippen molar-refractivity contribution in [2.24, 2.45) is 0 Å². The third-order valence-corrected chi connectivity index (χ3v) is 2.53. The molecule has 1 aliphatic heterocycles. The van der Waals surface area contributed by atoms with Crippen LogP contribution < -0.4 is 0 Å². The van der Waals surface area contributed by atoms with Crippen molar-refractivity contribution in [3.63, 3.8) is 0 Å². The standard InChI is InChI=1S/C9H12N2O4/c1-9(4-2-3-5-14-9)8-11-10-6(15-8)7(12)13/h2-5H2,1H3,(H,12,13). The second-order valence-electron chi connectivity index (χ2n) is 3.75. The fraction of sp³-hybridized carbons (Fsp3) is 0.667. The summed E-state index contributed by atoms with van der Waals surface area (Å²) in [5.74, 6) is -1.35. The van der Waals surface area contributed by atoms with Crippen LogP contribution in [0.3, 0.4) is 0 Å². The Morgan fingerprint density at radius 2 is 2.27 bits per heavy atom. The average molecular weight is 212 g/mol. The molecule has 1 atom stereocenters. The summed E-state index contributed by atoms with van der Waals surface area (Å²) in [7, 11) is 0. The average Bonchev–Trinajstić information content (AvgIpc) is 2.68. The van der Waals surface area contributed by atoms with Crippen LogP contribution in [0.1, 0.15) is 42.8 Å². The van der Waals surface area contributed by atoms with Crippen molar-refractivity contribution < 1.29 is 19.1 Å². The van der Waals surface area contributed by atoms with Crippen LogP contribution in [0.15, 0.2) is 4.42 Å². The summed E-state index contributed by atoms with van der Waals surface area (Å²) >= 11 is 0. The summed E-state index contributed by atoms with van der Waals surface area (Å²) in [6.07, 6.45) is 2.80. The lowest BCUT2D eigenvalue weighted by atomic mass is 9.96. The molecule has 0 aromatic carbocycles. The highest BCUT2D eigenvalue weighted by Gasteiger charge is 2.36. The molecule has 1 aromatic heterocycles. The molecule has 1 N–H and O–H groups in total. The van der Waals surface area contributed by atoms with Gasteiger partial charge in [0.15, 0.2) is 0 Å². The molecule has 2 rings (SSSR count). The predicted molar refractivity (Wildman–Crippen MR) is 48.4 cm³/mol. The second kappa shape index (κ2) is 3.62. The van der Waals surface area contributed by atoms with Crippen molar-refractivity contribution in [3.8, 4) is 0 Å². The monoisotopic (exact) mass is 212 g/mol. The lowest BCUT2D eigenvalue weighted by molar-refractivity contribution is -0.0870. The van der Waals surface area contributed by atoms with Gasteiger partial charge < -0.3 is 14.3 Å².